The van der Waals surface area contributed by atoms with Crippen LogP contribution in [0.5, 0.6) is 0 Å². The van der Waals surface area contributed by atoms with Gasteiger partial charge >= 0.3 is 0 Å². The Morgan fingerprint density at radius 3 is 2.67 bits per heavy atom. The fourth-order valence-corrected chi connectivity index (χ4v) is 3.87. The topological polar surface area (TPSA) is 59.3 Å². The maximum absolute atomic E-state index is 13.0. The van der Waals surface area contributed by atoms with Gasteiger partial charge in [-0.25, -0.2) is 4.39 Å². The van der Waals surface area contributed by atoms with E-state index >= 15 is 0 Å². The van der Waals surface area contributed by atoms with Gasteiger partial charge < -0.3 is 5.32 Å². The highest BCUT2D eigenvalue weighted by molar-refractivity contribution is 8.00. The van der Waals surface area contributed by atoms with Gasteiger partial charge in [0.2, 0.25) is 5.91 Å². The number of benzene rings is 2. The molecule has 7 heteroatoms. The number of carbonyl (C=O) groups excluding carboxylic acids is 1. The van der Waals surface area contributed by atoms with Crippen molar-refractivity contribution in [2.75, 3.05) is 5.32 Å². The lowest BCUT2D eigenvalue weighted by molar-refractivity contribution is -0.115. The number of pyridine rings is 1. The summed E-state index contributed by atoms with van der Waals surface area (Å²) in [6.45, 7) is 1.95. The highest BCUT2D eigenvalue weighted by Gasteiger charge is 2.21. The molecule has 0 spiro atoms. The Bertz CT molecular complexity index is 1110. The minimum Gasteiger partial charge on any atom is -0.325 e. The zero-order valence-electron chi connectivity index (χ0n) is 14.6. The van der Waals surface area contributed by atoms with Gasteiger partial charge in [-0.15, -0.1) is 10.2 Å². The maximum Gasteiger partial charge on any atom is 0.237 e. The number of hydrogen-bond acceptors (Lipinski definition) is 4. The van der Waals surface area contributed by atoms with Crippen molar-refractivity contribution >= 4 is 39.9 Å². The summed E-state index contributed by atoms with van der Waals surface area (Å²) in [6.07, 6.45) is 0.622. The molecule has 0 saturated carbocycles. The molecule has 2 heterocycles. The van der Waals surface area contributed by atoms with E-state index in [4.69, 9.17) is 0 Å². The van der Waals surface area contributed by atoms with Crippen LogP contribution in [0.1, 0.15) is 13.3 Å². The summed E-state index contributed by atoms with van der Waals surface area (Å²) < 4.78 is 15.0. The number of aromatic nitrogens is 3. The first-order valence-corrected chi connectivity index (χ1v) is 9.49. The molecule has 1 amide bonds. The van der Waals surface area contributed by atoms with Gasteiger partial charge in [0.1, 0.15) is 5.82 Å². The lowest BCUT2D eigenvalue weighted by atomic mass is 10.2. The molecule has 27 heavy (non-hydrogen) atoms. The van der Waals surface area contributed by atoms with Crippen molar-refractivity contribution in [1.29, 1.82) is 0 Å². The second-order valence-corrected chi connectivity index (χ2v) is 7.25. The summed E-state index contributed by atoms with van der Waals surface area (Å²) in [7, 11) is 0. The molecule has 0 saturated heterocycles. The average molecular weight is 380 g/mol. The summed E-state index contributed by atoms with van der Waals surface area (Å²) in [5, 5.41) is 12.7. The summed E-state index contributed by atoms with van der Waals surface area (Å²) in [5.41, 5.74) is 2.30. The van der Waals surface area contributed by atoms with Crippen molar-refractivity contribution < 1.29 is 9.18 Å². The Labute approximate surface area is 159 Å². The summed E-state index contributed by atoms with van der Waals surface area (Å²) in [4.78, 5) is 12.7. The Kier molecular flexibility index (Phi) is 4.77. The van der Waals surface area contributed by atoms with Crippen LogP contribution in [0.2, 0.25) is 0 Å². The lowest BCUT2D eigenvalue weighted by Gasteiger charge is -2.14. The largest absolute Gasteiger partial charge is 0.325 e. The number of fused-ring (bicyclic) bond motifs is 3. The number of para-hydroxylation sites is 1. The minimum absolute atomic E-state index is 0.147. The van der Waals surface area contributed by atoms with E-state index in [0.717, 1.165) is 16.6 Å². The van der Waals surface area contributed by atoms with E-state index in [0.29, 0.717) is 17.3 Å². The van der Waals surface area contributed by atoms with Gasteiger partial charge in [-0.3, -0.25) is 9.20 Å². The Hall–Kier alpha value is -2.93. The first kappa shape index (κ1) is 17.5. The number of rotatable bonds is 5. The molecule has 5 nitrogen and oxygen atoms in total. The molecule has 136 valence electrons. The highest BCUT2D eigenvalue weighted by Crippen LogP contribution is 2.28. The molecule has 0 aliphatic heterocycles. The fraction of sp³-hybridized carbons (Fsp3) is 0.150. The summed E-state index contributed by atoms with van der Waals surface area (Å²) >= 11 is 1.37. The van der Waals surface area contributed by atoms with Crippen molar-refractivity contribution in [1.82, 2.24) is 14.6 Å². The van der Waals surface area contributed by atoms with E-state index in [1.807, 2.05) is 47.7 Å². The molecule has 0 aliphatic rings. The van der Waals surface area contributed by atoms with Crippen LogP contribution in [0.15, 0.2) is 65.8 Å². The number of halogens is 1. The summed E-state index contributed by atoms with van der Waals surface area (Å²) in [5.74, 6) is -0.484. The van der Waals surface area contributed by atoms with Gasteiger partial charge in [0.05, 0.1) is 10.8 Å². The minimum atomic E-state index is -0.346. The third-order valence-corrected chi connectivity index (χ3v) is 5.58. The quantitative estimate of drug-likeness (QED) is 0.517. The molecule has 1 unspecified atom stereocenters. The smallest absolute Gasteiger partial charge is 0.237 e. The molecular weight excluding hydrogens is 363 g/mol. The monoisotopic (exact) mass is 380 g/mol. The number of thioether (sulfide) groups is 1. The Morgan fingerprint density at radius 1 is 1.11 bits per heavy atom. The predicted molar refractivity (Wildman–Crippen MR) is 105 cm³/mol. The maximum atomic E-state index is 13.0. The van der Waals surface area contributed by atoms with Gasteiger partial charge in [0, 0.05) is 5.69 Å². The van der Waals surface area contributed by atoms with Crippen molar-refractivity contribution in [3.8, 4) is 0 Å². The van der Waals surface area contributed by atoms with E-state index in [-0.39, 0.29) is 17.0 Å². The second-order valence-electron chi connectivity index (χ2n) is 6.08. The summed E-state index contributed by atoms with van der Waals surface area (Å²) in [6, 6.07) is 17.6. The van der Waals surface area contributed by atoms with E-state index < -0.39 is 0 Å². The molecular formula is C20H17FN4OS. The van der Waals surface area contributed by atoms with Crippen LogP contribution in [0.25, 0.3) is 16.6 Å². The molecule has 4 aromatic rings. The van der Waals surface area contributed by atoms with Gasteiger partial charge in [0.15, 0.2) is 10.8 Å². The van der Waals surface area contributed by atoms with Crippen LogP contribution in [0.3, 0.4) is 0 Å². The van der Waals surface area contributed by atoms with Crippen molar-refractivity contribution in [2.45, 2.75) is 23.8 Å². The van der Waals surface area contributed by atoms with Gasteiger partial charge in [-0.05, 0) is 54.3 Å². The van der Waals surface area contributed by atoms with Crippen molar-refractivity contribution in [3.05, 3.63) is 66.5 Å². The lowest BCUT2D eigenvalue weighted by Crippen LogP contribution is -2.24. The van der Waals surface area contributed by atoms with Crippen LogP contribution in [0, 0.1) is 5.82 Å². The number of hydrogen-bond donors (Lipinski definition) is 1. The zero-order chi connectivity index (χ0) is 18.8. The second kappa shape index (κ2) is 7.36. The molecule has 1 atom stereocenters. The third-order valence-electron chi connectivity index (χ3n) is 4.27. The van der Waals surface area contributed by atoms with Crippen LogP contribution < -0.4 is 5.32 Å². The van der Waals surface area contributed by atoms with E-state index in [1.165, 1.54) is 23.9 Å². The van der Waals surface area contributed by atoms with E-state index in [2.05, 4.69) is 15.5 Å². The number of nitrogens with one attached hydrogen (secondary N) is 1. The first-order chi connectivity index (χ1) is 13.2. The van der Waals surface area contributed by atoms with Gasteiger partial charge in [0.25, 0.3) is 0 Å². The molecule has 2 aromatic heterocycles. The Morgan fingerprint density at radius 2 is 1.89 bits per heavy atom. The van der Waals surface area contributed by atoms with Gasteiger partial charge in [-0.1, -0.05) is 36.9 Å². The number of carbonyl (C=O) groups is 1. The normalized spacial score (nSPS) is 12.4. The molecule has 0 bridgehead atoms. The standard InChI is InChI=1S/C20H17FN4OS/c1-2-17(19(26)22-15-10-8-14(21)9-11-15)27-20-24-23-18-12-7-13-5-3-4-6-16(13)25(18)20/h3-12,17H,2H2,1H3,(H,22,26). The van der Waals surface area contributed by atoms with E-state index in [9.17, 15) is 9.18 Å². The fourth-order valence-electron chi connectivity index (χ4n) is 2.89. The van der Waals surface area contributed by atoms with Crippen LogP contribution in [-0.2, 0) is 4.79 Å². The third kappa shape index (κ3) is 3.50. The average Bonchev–Trinajstić information content (AvgIpc) is 3.11. The molecule has 0 aliphatic carbocycles. The SMILES string of the molecule is CCC(Sc1nnc2ccc3ccccc3n12)C(=O)Nc1ccc(F)cc1. The van der Waals surface area contributed by atoms with Crippen molar-refractivity contribution in [2.24, 2.45) is 0 Å². The Balaban J connectivity index is 1.62. The molecule has 4 rings (SSSR count). The van der Waals surface area contributed by atoms with Crippen LogP contribution in [-0.4, -0.2) is 25.8 Å². The molecule has 2 aromatic carbocycles. The van der Waals surface area contributed by atoms with E-state index in [1.54, 1.807) is 12.1 Å². The highest BCUT2D eigenvalue weighted by atomic mass is 32.2. The number of anilines is 1. The first-order valence-electron chi connectivity index (χ1n) is 8.61. The van der Waals surface area contributed by atoms with Crippen LogP contribution in [0.4, 0.5) is 10.1 Å². The van der Waals surface area contributed by atoms with Gasteiger partial charge in [-0.2, -0.15) is 0 Å². The number of nitrogens with zero attached hydrogens (tertiary/aromatic N) is 3. The zero-order valence-corrected chi connectivity index (χ0v) is 15.4. The van der Waals surface area contributed by atoms with Crippen molar-refractivity contribution in [3.63, 3.8) is 0 Å². The predicted octanol–water partition coefficient (Wildman–Crippen LogP) is 4.53. The molecule has 0 fully saturated rings. The molecule has 0 radical (unpaired) electrons. The van der Waals surface area contributed by atoms with Crippen LogP contribution >= 0.6 is 11.8 Å². The molecule has 1 N–H and O–H groups in total. The number of amides is 1.